The fourth-order valence-corrected chi connectivity index (χ4v) is 2.61. The molecule has 28 heavy (non-hydrogen) atoms. The maximum absolute atomic E-state index is 11.9. The smallest absolute Gasteiger partial charge is 0.305 e. The first kappa shape index (κ1) is 23.3. The third-order valence-electron chi connectivity index (χ3n) is 3.63. The molecule has 0 spiro atoms. The second-order valence-electron chi connectivity index (χ2n) is 6.05. The molecule has 11 heteroatoms. The molecule has 0 radical (unpaired) electrons. The number of hydrogen-bond donors (Lipinski definition) is 1. The van der Waals surface area contributed by atoms with E-state index in [9.17, 15) is 24.0 Å². The van der Waals surface area contributed by atoms with Crippen molar-refractivity contribution < 1.29 is 47.7 Å². The number of nitrogens with one attached hydrogen (secondary N) is 1. The molecule has 0 bridgehead atoms. The van der Waals surface area contributed by atoms with E-state index in [2.05, 4.69) is 5.32 Å². The third kappa shape index (κ3) is 7.14. The summed E-state index contributed by atoms with van der Waals surface area (Å²) in [7, 11) is 0. The summed E-state index contributed by atoms with van der Waals surface area (Å²) in [6.07, 6.45) is -4.88. The van der Waals surface area contributed by atoms with Gasteiger partial charge in [-0.2, -0.15) is 0 Å². The maximum atomic E-state index is 11.9. The van der Waals surface area contributed by atoms with Gasteiger partial charge in [0.15, 0.2) is 12.2 Å². The summed E-state index contributed by atoms with van der Waals surface area (Å²) in [4.78, 5) is 57.8. The second kappa shape index (κ2) is 10.6. The molecule has 0 aromatic heterocycles. The first-order valence-electron chi connectivity index (χ1n) is 8.65. The molecule has 1 heterocycles. The van der Waals surface area contributed by atoms with E-state index in [0.717, 1.165) is 20.8 Å². The predicted molar refractivity (Wildman–Crippen MR) is 90.4 cm³/mol. The minimum absolute atomic E-state index is 0.0885. The quantitative estimate of drug-likeness (QED) is 0.440. The monoisotopic (exact) mass is 403 g/mol. The number of carbonyl (C=O) groups excluding carboxylic acids is 5. The summed E-state index contributed by atoms with van der Waals surface area (Å²) in [5.74, 6) is -3.24. The zero-order chi connectivity index (χ0) is 21.4. The second-order valence-corrected chi connectivity index (χ2v) is 6.05. The number of esters is 4. The summed E-state index contributed by atoms with van der Waals surface area (Å²) in [5, 5.41) is 2.55. The first-order valence-corrected chi connectivity index (χ1v) is 8.65. The van der Waals surface area contributed by atoms with E-state index >= 15 is 0 Å². The zero-order valence-corrected chi connectivity index (χ0v) is 16.4. The van der Waals surface area contributed by atoms with Crippen LogP contribution < -0.4 is 5.32 Å². The van der Waals surface area contributed by atoms with Crippen LogP contribution in [0.5, 0.6) is 0 Å². The van der Waals surface area contributed by atoms with Crippen molar-refractivity contribution >= 4 is 29.8 Å². The van der Waals surface area contributed by atoms with E-state index in [0.29, 0.717) is 0 Å². The van der Waals surface area contributed by atoms with Crippen molar-refractivity contribution in [1.29, 1.82) is 0 Å². The summed E-state index contributed by atoms with van der Waals surface area (Å²) in [6, 6.07) is -1.15. The number of carbonyl (C=O) groups is 5. The molecule has 0 aromatic rings. The lowest BCUT2D eigenvalue weighted by Gasteiger charge is -2.44. The normalized spacial score (nSPS) is 26.5. The molecule has 1 N–H and O–H groups in total. The van der Waals surface area contributed by atoms with Gasteiger partial charge in [0.1, 0.15) is 18.8 Å². The lowest BCUT2D eigenvalue weighted by molar-refractivity contribution is -0.271. The minimum Gasteiger partial charge on any atom is -0.463 e. The Labute approximate surface area is 161 Å². The predicted octanol–water partition coefficient (Wildman–Crippen LogP) is -0.404. The largest absolute Gasteiger partial charge is 0.463 e. The lowest BCUT2D eigenvalue weighted by atomic mass is 9.96. The standard InChI is InChI=1S/C17H25NO10/c1-6-13(23)18-14-16(26-10(4)21)15(25-9(3)20)12(7-24-8(2)19)28-17(14)27-11(5)22/h12,14-17H,6-7H2,1-5H3,(H,18,23)/t12?,14?,15-,16+,17+/m0/s1. The van der Waals surface area contributed by atoms with Gasteiger partial charge in [0.2, 0.25) is 12.2 Å². The van der Waals surface area contributed by atoms with Crippen LogP contribution >= 0.6 is 0 Å². The average molecular weight is 403 g/mol. The van der Waals surface area contributed by atoms with Gasteiger partial charge in [-0.15, -0.1) is 0 Å². The van der Waals surface area contributed by atoms with E-state index < -0.39 is 60.4 Å². The van der Waals surface area contributed by atoms with Gasteiger partial charge in [0, 0.05) is 34.1 Å². The molecule has 1 amide bonds. The Balaban J connectivity index is 3.31. The molecular weight excluding hydrogens is 378 g/mol. The number of rotatable bonds is 7. The number of amides is 1. The molecule has 2 unspecified atom stereocenters. The SMILES string of the molecule is CCC(=O)NC1[C@H](OC(C)=O)OC(COC(C)=O)[C@H](OC(C)=O)[C@@H]1OC(C)=O. The van der Waals surface area contributed by atoms with Crippen LogP contribution in [0.4, 0.5) is 0 Å². The van der Waals surface area contributed by atoms with E-state index in [-0.39, 0.29) is 13.0 Å². The van der Waals surface area contributed by atoms with Crippen molar-refractivity contribution in [2.24, 2.45) is 0 Å². The lowest BCUT2D eigenvalue weighted by Crippen LogP contribution is -2.66. The van der Waals surface area contributed by atoms with Crippen LogP contribution in [0.15, 0.2) is 0 Å². The molecule has 11 nitrogen and oxygen atoms in total. The average Bonchev–Trinajstić information content (AvgIpc) is 2.56. The topological polar surface area (TPSA) is 144 Å². The summed E-state index contributed by atoms with van der Waals surface area (Å²) in [6.45, 7) is 5.78. The highest BCUT2D eigenvalue weighted by Crippen LogP contribution is 2.28. The molecule has 0 aliphatic carbocycles. The molecule has 1 rings (SSSR count). The number of hydrogen-bond acceptors (Lipinski definition) is 10. The van der Waals surface area contributed by atoms with Crippen LogP contribution in [-0.4, -0.2) is 67.0 Å². The summed E-state index contributed by atoms with van der Waals surface area (Å²) < 4.78 is 26.1. The number of ether oxygens (including phenoxy) is 5. The Bertz CT molecular complexity index is 619. The van der Waals surface area contributed by atoms with Crippen LogP contribution in [0.2, 0.25) is 0 Å². The van der Waals surface area contributed by atoms with E-state index in [1.807, 2.05) is 0 Å². The molecule has 1 aliphatic rings. The fourth-order valence-electron chi connectivity index (χ4n) is 2.61. The van der Waals surface area contributed by atoms with Gasteiger partial charge in [0.05, 0.1) is 0 Å². The van der Waals surface area contributed by atoms with Crippen molar-refractivity contribution in [2.75, 3.05) is 6.61 Å². The fraction of sp³-hybridized carbons (Fsp3) is 0.706. The Kier molecular flexibility index (Phi) is 8.83. The summed E-state index contributed by atoms with van der Waals surface area (Å²) >= 11 is 0. The van der Waals surface area contributed by atoms with Gasteiger partial charge < -0.3 is 29.0 Å². The highest BCUT2D eigenvalue weighted by atomic mass is 16.7. The van der Waals surface area contributed by atoms with Crippen molar-refractivity contribution in [1.82, 2.24) is 5.32 Å². The molecule has 1 saturated heterocycles. The molecule has 1 aliphatic heterocycles. The van der Waals surface area contributed by atoms with Crippen molar-refractivity contribution in [3.8, 4) is 0 Å². The van der Waals surface area contributed by atoms with Crippen molar-refractivity contribution in [3.05, 3.63) is 0 Å². The van der Waals surface area contributed by atoms with Crippen LogP contribution in [0.3, 0.4) is 0 Å². The highest BCUT2D eigenvalue weighted by Gasteiger charge is 2.52. The molecule has 0 saturated carbocycles. The van der Waals surface area contributed by atoms with Crippen LogP contribution in [0, 0.1) is 0 Å². The Hall–Kier alpha value is -2.69. The van der Waals surface area contributed by atoms with E-state index in [1.54, 1.807) is 6.92 Å². The van der Waals surface area contributed by atoms with Crippen LogP contribution in [0.1, 0.15) is 41.0 Å². The van der Waals surface area contributed by atoms with Crippen LogP contribution in [-0.2, 0) is 47.7 Å². The first-order chi connectivity index (χ1) is 13.0. The van der Waals surface area contributed by atoms with E-state index in [4.69, 9.17) is 23.7 Å². The van der Waals surface area contributed by atoms with Gasteiger partial charge in [-0.05, 0) is 0 Å². The molecule has 1 fully saturated rings. The van der Waals surface area contributed by atoms with Crippen molar-refractivity contribution in [3.63, 3.8) is 0 Å². The summed E-state index contributed by atoms with van der Waals surface area (Å²) in [5.41, 5.74) is 0. The molecular formula is C17H25NO10. The minimum atomic E-state index is -1.37. The Morgan fingerprint density at radius 2 is 1.36 bits per heavy atom. The molecule has 5 atom stereocenters. The zero-order valence-electron chi connectivity index (χ0n) is 16.4. The maximum Gasteiger partial charge on any atom is 0.305 e. The molecule has 0 aromatic carbocycles. The van der Waals surface area contributed by atoms with Crippen LogP contribution in [0.25, 0.3) is 0 Å². The van der Waals surface area contributed by atoms with Gasteiger partial charge in [-0.3, -0.25) is 24.0 Å². The third-order valence-corrected chi connectivity index (χ3v) is 3.63. The Morgan fingerprint density at radius 1 is 0.821 bits per heavy atom. The van der Waals surface area contributed by atoms with Gasteiger partial charge in [0.25, 0.3) is 0 Å². The van der Waals surface area contributed by atoms with Gasteiger partial charge in [-0.25, -0.2) is 0 Å². The highest BCUT2D eigenvalue weighted by molar-refractivity contribution is 5.76. The van der Waals surface area contributed by atoms with Gasteiger partial charge >= 0.3 is 23.9 Å². The Morgan fingerprint density at radius 3 is 1.82 bits per heavy atom. The van der Waals surface area contributed by atoms with Crippen molar-refractivity contribution in [2.45, 2.75) is 71.7 Å². The van der Waals surface area contributed by atoms with E-state index in [1.165, 1.54) is 6.92 Å². The molecule has 158 valence electrons. The van der Waals surface area contributed by atoms with Gasteiger partial charge in [-0.1, -0.05) is 6.92 Å².